The summed E-state index contributed by atoms with van der Waals surface area (Å²) in [7, 11) is 0. The summed E-state index contributed by atoms with van der Waals surface area (Å²) in [6, 6.07) is 9.21. The van der Waals surface area contributed by atoms with Crippen LogP contribution in [0.25, 0.3) is 15.3 Å². The van der Waals surface area contributed by atoms with Crippen molar-refractivity contribution in [2.75, 3.05) is 5.32 Å². The van der Waals surface area contributed by atoms with E-state index < -0.39 is 17.6 Å². The molecule has 5 nitrogen and oxygen atoms in total. The molecule has 1 N–H and O–H groups in total. The van der Waals surface area contributed by atoms with Crippen LogP contribution in [0.15, 0.2) is 40.9 Å². The van der Waals surface area contributed by atoms with E-state index in [2.05, 4.69) is 31.3 Å². The number of fused-ring (bicyclic) bond motifs is 2. The minimum atomic E-state index is -0.673. The third-order valence-electron chi connectivity index (χ3n) is 4.96. The number of aryl methyl sites for hydroxylation is 1. The molecule has 9 heteroatoms. The van der Waals surface area contributed by atoms with E-state index in [0.717, 1.165) is 26.3 Å². The number of hydrogen-bond acceptors (Lipinski definition) is 4. The number of carbonyl (C=O) groups excluding carboxylic acids is 1. The Bertz CT molecular complexity index is 1300. The number of rotatable bonds is 2. The lowest BCUT2D eigenvalue weighted by Crippen LogP contribution is -2.25. The number of nitrogens with one attached hydrogen (secondary N) is 1. The molecule has 0 saturated heterocycles. The van der Waals surface area contributed by atoms with Crippen LogP contribution in [0.1, 0.15) is 29.2 Å². The highest BCUT2D eigenvalue weighted by Gasteiger charge is 2.34. The zero-order chi connectivity index (χ0) is 20.3. The summed E-state index contributed by atoms with van der Waals surface area (Å²) in [6.07, 6.45) is 0.0644. The Morgan fingerprint density at radius 3 is 2.86 bits per heavy atom. The maximum absolute atomic E-state index is 14.5. The van der Waals surface area contributed by atoms with Gasteiger partial charge < -0.3 is 5.32 Å². The zero-order valence-electron chi connectivity index (χ0n) is 15.0. The molecule has 29 heavy (non-hydrogen) atoms. The Balaban J connectivity index is 1.68. The van der Waals surface area contributed by atoms with Crippen LogP contribution in [0.2, 0.25) is 0 Å². The predicted octanol–water partition coefficient (Wildman–Crippen LogP) is 5.31. The molecule has 2 aromatic heterocycles. The Hall–Kier alpha value is -2.65. The van der Waals surface area contributed by atoms with E-state index in [4.69, 9.17) is 0 Å². The van der Waals surface area contributed by atoms with Crippen molar-refractivity contribution in [1.29, 1.82) is 0 Å². The van der Waals surface area contributed by atoms with E-state index in [9.17, 15) is 13.6 Å². The van der Waals surface area contributed by atoms with Gasteiger partial charge in [-0.15, -0.1) is 0 Å². The van der Waals surface area contributed by atoms with Crippen LogP contribution in [0.5, 0.6) is 0 Å². The summed E-state index contributed by atoms with van der Waals surface area (Å²) in [5, 5.41) is 8.04. The maximum Gasteiger partial charge on any atom is 0.226 e. The molecule has 0 radical (unpaired) electrons. The molecule has 0 bridgehead atoms. The number of benzene rings is 2. The van der Waals surface area contributed by atoms with Crippen LogP contribution in [-0.2, 0) is 4.79 Å². The van der Waals surface area contributed by atoms with Gasteiger partial charge in [0.05, 0.1) is 15.9 Å². The summed E-state index contributed by atoms with van der Waals surface area (Å²) in [5.41, 5.74) is 2.47. The molecular weight excluding hydrogens is 462 g/mol. The summed E-state index contributed by atoms with van der Waals surface area (Å²) in [5.74, 6) is -1.65. The van der Waals surface area contributed by atoms with Crippen LogP contribution in [-0.4, -0.2) is 20.7 Å². The third-order valence-corrected chi connectivity index (χ3v) is 6.45. The normalized spacial score (nSPS) is 16.1. The number of aromatic nitrogens is 3. The third kappa shape index (κ3) is 3.05. The van der Waals surface area contributed by atoms with Gasteiger partial charge in [0.1, 0.15) is 17.5 Å². The fourth-order valence-electron chi connectivity index (χ4n) is 3.71. The van der Waals surface area contributed by atoms with Gasteiger partial charge >= 0.3 is 0 Å². The average Bonchev–Trinajstić information content (AvgIpc) is 3.21. The molecule has 1 amide bonds. The number of amides is 1. The monoisotopic (exact) mass is 474 g/mol. The van der Waals surface area contributed by atoms with Crippen molar-refractivity contribution in [1.82, 2.24) is 14.8 Å². The SMILES string of the molecule is Cc1nn(-c2nc3ccc(Br)cc3s2)c2c1[C@H](c1ccc(F)cc1F)CC(=O)N2. The van der Waals surface area contributed by atoms with Gasteiger partial charge in [-0.3, -0.25) is 4.79 Å². The predicted molar refractivity (Wildman–Crippen MR) is 111 cm³/mol. The number of nitrogens with zero attached hydrogens (tertiary/aromatic N) is 3. The Morgan fingerprint density at radius 2 is 2.07 bits per heavy atom. The Labute approximate surface area is 176 Å². The molecule has 146 valence electrons. The molecular formula is C20H13BrF2N4OS. The number of carbonyl (C=O) groups is 1. The molecule has 1 aliphatic heterocycles. The van der Waals surface area contributed by atoms with Gasteiger partial charge in [0.15, 0.2) is 0 Å². The zero-order valence-corrected chi connectivity index (χ0v) is 17.4. The van der Waals surface area contributed by atoms with E-state index in [0.29, 0.717) is 16.6 Å². The summed E-state index contributed by atoms with van der Waals surface area (Å²) >= 11 is 4.89. The molecule has 5 rings (SSSR count). The lowest BCUT2D eigenvalue weighted by Gasteiger charge is -2.24. The van der Waals surface area contributed by atoms with Crippen molar-refractivity contribution in [3.8, 4) is 5.13 Å². The lowest BCUT2D eigenvalue weighted by molar-refractivity contribution is -0.116. The first-order valence-electron chi connectivity index (χ1n) is 8.81. The number of hydrogen-bond donors (Lipinski definition) is 1. The van der Waals surface area contributed by atoms with Crippen LogP contribution < -0.4 is 5.32 Å². The summed E-state index contributed by atoms with van der Waals surface area (Å²) in [4.78, 5) is 17.0. The molecule has 0 saturated carbocycles. The Kier molecular flexibility index (Phi) is 4.25. The second-order valence-electron chi connectivity index (χ2n) is 6.84. The fourth-order valence-corrected chi connectivity index (χ4v) is 5.19. The molecule has 3 heterocycles. The van der Waals surface area contributed by atoms with Gasteiger partial charge in [-0.1, -0.05) is 33.3 Å². The number of halogens is 3. The average molecular weight is 475 g/mol. The highest BCUT2D eigenvalue weighted by molar-refractivity contribution is 9.10. The topological polar surface area (TPSA) is 59.8 Å². The quantitative estimate of drug-likeness (QED) is 0.428. The van der Waals surface area contributed by atoms with E-state index >= 15 is 0 Å². The van der Waals surface area contributed by atoms with Gasteiger partial charge in [-0.05, 0) is 36.8 Å². The highest BCUT2D eigenvalue weighted by Crippen LogP contribution is 2.42. The smallest absolute Gasteiger partial charge is 0.226 e. The standard InChI is InChI=1S/C20H13BrF2N4OS/c1-9-18-13(12-4-3-11(22)7-14(12)23)8-17(28)25-19(18)27(26-9)20-24-15-5-2-10(21)6-16(15)29-20/h2-7,13H,8H2,1H3,(H,25,28)/t13-/m0/s1. The molecule has 2 aromatic carbocycles. The largest absolute Gasteiger partial charge is 0.310 e. The van der Waals surface area contributed by atoms with E-state index in [1.807, 2.05) is 25.1 Å². The molecule has 1 aliphatic rings. The second-order valence-corrected chi connectivity index (χ2v) is 8.76. The van der Waals surface area contributed by atoms with Gasteiger partial charge in [0, 0.05) is 28.4 Å². The first-order chi connectivity index (χ1) is 13.9. The van der Waals surface area contributed by atoms with Crippen LogP contribution >= 0.6 is 27.3 Å². The maximum atomic E-state index is 14.5. The van der Waals surface area contributed by atoms with E-state index in [-0.39, 0.29) is 17.9 Å². The first-order valence-corrected chi connectivity index (χ1v) is 10.4. The van der Waals surface area contributed by atoms with Gasteiger partial charge in [-0.2, -0.15) is 9.78 Å². The first kappa shape index (κ1) is 18.4. The fraction of sp³-hybridized carbons (Fsp3) is 0.150. The van der Waals surface area contributed by atoms with Crippen molar-refractivity contribution in [3.63, 3.8) is 0 Å². The highest BCUT2D eigenvalue weighted by atomic mass is 79.9. The summed E-state index contributed by atoms with van der Waals surface area (Å²) < 4.78 is 31.4. The molecule has 0 unspecified atom stereocenters. The van der Waals surface area contributed by atoms with Crippen LogP contribution in [0.4, 0.5) is 14.6 Å². The molecule has 0 aliphatic carbocycles. The van der Waals surface area contributed by atoms with Crippen LogP contribution in [0.3, 0.4) is 0 Å². The van der Waals surface area contributed by atoms with Crippen molar-refractivity contribution < 1.29 is 13.6 Å². The minimum absolute atomic E-state index is 0.0644. The Morgan fingerprint density at radius 1 is 1.24 bits per heavy atom. The molecule has 0 fully saturated rings. The van der Waals surface area contributed by atoms with E-state index in [1.165, 1.54) is 23.5 Å². The van der Waals surface area contributed by atoms with Crippen molar-refractivity contribution in [3.05, 3.63) is 69.3 Å². The van der Waals surface area contributed by atoms with Crippen molar-refractivity contribution in [2.45, 2.75) is 19.3 Å². The van der Waals surface area contributed by atoms with Gasteiger partial charge in [-0.25, -0.2) is 13.8 Å². The van der Waals surface area contributed by atoms with E-state index in [1.54, 1.807) is 4.68 Å². The molecule has 4 aromatic rings. The number of thiazole rings is 1. The van der Waals surface area contributed by atoms with Gasteiger partial charge in [0.2, 0.25) is 11.0 Å². The summed E-state index contributed by atoms with van der Waals surface area (Å²) in [6.45, 7) is 1.81. The molecule has 1 atom stereocenters. The lowest BCUT2D eigenvalue weighted by atomic mass is 9.85. The second kappa shape index (κ2) is 6.70. The van der Waals surface area contributed by atoms with Crippen LogP contribution in [0, 0.1) is 18.6 Å². The van der Waals surface area contributed by atoms with Crippen molar-refractivity contribution in [2.24, 2.45) is 0 Å². The van der Waals surface area contributed by atoms with Crippen molar-refractivity contribution >= 4 is 49.2 Å². The van der Waals surface area contributed by atoms with Gasteiger partial charge in [0.25, 0.3) is 0 Å². The molecule has 0 spiro atoms. The minimum Gasteiger partial charge on any atom is -0.310 e. The number of anilines is 1.